The number of carboxylic acids is 1. The molecule has 0 spiro atoms. The van der Waals surface area contributed by atoms with Crippen molar-refractivity contribution < 1.29 is 15.0 Å². The van der Waals surface area contributed by atoms with Crippen LogP contribution < -0.4 is 11.1 Å². The predicted molar refractivity (Wildman–Crippen MR) is 89.2 cm³/mol. The van der Waals surface area contributed by atoms with E-state index in [4.69, 9.17) is 20.7 Å². The van der Waals surface area contributed by atoms with Gasteiger partial charge in [0.05, 0.1) is 11.4 Å². The summed E-state index contributed by atoms with van der Waals surface area (Å²) in [6.07, 6.45) is 0. The molecular weight excluding hydrogens is 256 g/mol. The van der Waals surface area contributed by atoms with Crippen LogP contribution in [0.2, 0.25) is 0 Å². The van der Waals surface area contributed by atoms with Crippen molar-refractivity contribution in [1.29, 1.82) is 0 Å². The second-order valence-corrected chi connectivity index (χ2v) is 2.39. The van der Waals surface area contributed by atoms with E-state index in [0.717, 1.165) is 11.4 Å². The maximum Gasteiger partial charge on any atom is 0.329 e. The van der Waals surface area contributed by atoms with Gasteiger partial charge in [0.2, 0.25) is 0 Å². The molecule has 0 amide bonds. The van der Waals surface area contributed by atoms with E-state index in [0.29, 0.717) is 0 Å². The van der Waals surface area contributed by atoms with Gasteiger partial charge in [0.15, 0.2) is 0 Å². The lowest BCUT2D eigenvalue weighted by Gasteiger charge is -2.01. The van der Waals surface area contributed by atoms with E-state index in [9.17, 15) is 0 Å². The maximum absolute atomic E-state index is 9.12. The van der Waals surface area contributed by atoms with Gasteiger partial charge in [-0.3, -0.25) is 0 Å². The fraction of sp³-hybridized carbons (Fsp3) is 0.533. The molecule has 0 aliphatic rings. The highest BCUT2D eigenvalue weighted by Crippen LogP contribution is 2.14. The summed E-state index contributed by atoms with van der Waals surface area (Å²) >= 11 is 0. The van der Waals surface area contributed by atoms with Crippen LogP contribution in [0.3, 0.4) is 0 Å². The van der Waals surface area contributed by atoms with Crippen LogP contribution in [0.1, 0.15) is 41.5 Å². The highest BCUT2D eigenvalue weighted by Gasteiger charge is 1.89. The number of hydrogen-bond donors (Lipinski definition) is 4. The average molecular weight is 288 g/mol. The van der Waals surface area contributed by atoms with E-state index in [1.807, 2.05) is 72.9 Å². The molecule has 0 radical (unpaired) electrons. The van der Waals surface area contributed by atoms with Gasteiger partial charge >= 0.3 is 5.97 Å². The number of nitrogens with one attached hydrogen (secondary N) is 1. The summed E-state index contributed by atoms with van der Waals surface area (Å²) in [5, 5.41) is 18.0. The molecule has 0 bridgehead atoms. The van der Waals surface area contributed by atoms with Crippen molar-refractivity contribution in [2.75, 3.05) is 24.7 Å². The number of aliphatic hydroxyl groups excluding tert-OH is 1. The number of carbonyl (C=O) groups is 1. The Morgan fingerprint density at radius 1 is 1.10 bits per heavy atom. The van der Waals surface area contributed by atoms with Crippen molar-refractivity contribution in [2.45, 2.75) is 41.5 Å². The molecular formula is C15H32N2O3. The van der Waals surface area contributed by atoms with E-state index in [2.05, 4.69) is 5.32 Å². The van der Waals surface area contributed by atoms with Gasteiger partial charge in [-0.25, -0.2) is 4.79 Å². The Morgan fingerprint density at radius 3 is 1.65 bits per heavy atom. The molecule has 0 saturated carbocycles. The molecule has 0 aliphatic heterocycles. The smallest absolute Gasteiger partial charge is 0.329 e. The predicted octanol–water partition coefficient (Wildman–Crippen LogP) is 3.45. The van der Waals surface area contributed by atoms with Crippen molar-refractivity contribution in [3.63, 3.8) is 0 Å². The number of rotatable bonds is 2. The molecule has 0 fully saturated rings. The molecule has 1 aromatic carbocycles. The van der Waals surface area contributed by atoms with E-state index >= 15 is 0 Å². The van der Waals surface area contributed by atoms with E-state index in [1.165, 1.54) is 0 Å². The first kappa shape index (κ1) is 26.7. The zero-order valence-corrected chi connectivity index (χ0v) is 13.9. The fourth-order valence-electron chi connectivity index (χ4n) is 0.725. The molecule has 0 saturated heterocycles. The van der Waals surface area contributed by atoms with Crippen molar-refractivity contribution in [3.8, 4) is 0 Å². The minimum Gasteiger partial charge on any atom is -0.480 e. The molecule has 120 valence electrons. The topological polar surface area (TPSA) is 95.6 Å². The molecule has 0 aromatic heterocycles. The standard InChI is InChI=1S/C7H10N2.C2H4O3.3C2H6/c1-9-7-5-3-2-4-6(7)8;3-1-2(4)5;3*1-2/h2-5,9H,8H2,1H3;3H,1H2,(H,4,5);3*1-2H3. The Labute approximate surface area is 123 Å². The second-order valence-electron chi connectivity index (χ2n) is 2.39. The fourth-order valence-corrected chi connectivity index (χ4v) is 0.725. The SMILES string of the molecule is CC.CC.CC.CNc1ccccc1N.O=C(O)CO. The monoisotopic (exact) mass is 288 g/mol. The number of hydrogen-bond acceptors (Lipinski definition) is 4. The van der Waals surface area contributed by atoms with Crippen LogP contribution in [0.15, 0.2) is 24.3 Å². The zero-order chi connectivity index (χ0) is 17.0. The summed E-state index contributed by atoms with van der Waals surface area (Å²) in [6.45, 7) is 11.2. The molecule has 5 nitrogen and oxygen atoms in total. The number of carboxylic acid groups (broad SMARTS) is 1. The first-order chi connectivity index (χ1) is 9.61. The van der Waals surface area contributed by atoms with Gasteiger partial charge in [0, 0.05) is 7.05 Å². The Bertz CT molecular complexity index is 292. The highest BCUT2D eigenvalue weighted by molar-refractivity contribution is 5.67. The third-order valence-corrected chi connectivity index (χ3v) is 1.37. The van der Waals surface area contributed by atoms with Crippen LogP contribution in [0, 0.1) is 0 Å². The van der Waals surface area contributed by atoms with E-state index in [1.54, 1.807) is 0 Å². The zero-order valence-electron chi connectivity index (χ0n) is 13.9. The Morgan fingerprint density at radius 2 is 1.45 bits per heavy atom. The van der Waals surface area contributed by atoms with Crippen molar-refractivity contribution in [2.24, 2.45) is 0 Å². The van der Waals surface area contributed by atoms with Gasteiger partial charge in [-0.05, 0) is 12.1 Å². The number of aliphatic hydroxyl groups is 1. The number of nitrogen functional groups attached to an aromatic ring is 1. The quantitative estimate of drug-likeness (QED) is 0.625. The summed E-state index contributed by atoms with van der Waals surface area (Å²) < 4.78 is 0. The Balaban J connectivity index is -0.000000100. The normalized spacial score (nSPS) is 6.80. The molecule has 1 rings (SSSR count). The number of aliphatic carboxylic acids is 1. The van der Waals surface area contributed by atoms with Gasteiger partial charge in [0.25, 0.3) is 0 Å². The average Bonchev–Trinajstić information content (AvgIpc) is 2.54. The van der Waals surface area contributed by atoms with Crippen molar-refractivity contribution in [3.05, 3.63) is 24.3 Å². The molecule has 0 atom stereocenters. The lowest BCUT2D eigenvalue weighted by atomic mass is 10.3. The molecule has 0 heterocycles. The van der Waals surface area contributed by atoms with E-state index in [-0.39, 0.29) is 0 Å². The summed E-state index contributed by atoms with van der Waals surface area (Å²) in [6, 6.07) is 7.67. The van der Waals surface area contributed by atoms with Gasteiger partial charge in [0.1, 0.15) is 6.61 Å². The van der Waals surface area contributed by atoms with Gasteiger partial charge in [-0.1, -0.05) is 53.7 Å². The van der Waals surface area contributed by atoms with Gasteiger partial charge in [-0.15, -0.1) is 0 Å². The minimum absolute atomic E-state index is 0.778. The van der Waals surface area contributed by atoms with Gasteiger partial charge in [-0.2, -0.15) is 0 Å². The Hall–Kier alpha value is -1.75. The van der Waals surface area contributed by atoms with Crippen LogP contribution in [0.25, 0.3) is 0 Å². The molecule has 0 unspecified atom stereocenters. The number of nitrogens with two attached hydrogens (primary N) is 1. The Kier molecular flexibility index (Phi) is 34.7. The highest BCUT2D eigenvalue weighted by atomic mass is 16.4. The van der Waals surface area contributed by atoms with Crippen molar-refractivity contribution >= 4 is 17.3 Å². The molecule has 0 aliphatic carbocycles. The van der Waals surface area contributed by atoms with Crippen LogP contribution in [-0.2, 0) is 4.79 Å². The van der Waals surface area contributed by atoms with E-state index < -0.39 is 12.6 Å². The second kappa shape index (κ2) is 25.9. The van der Waals surface area contributed by atoms with Crippen LogP contribution in [-0.4, -0.2) is 29.8 Å². The summed E-state index contributed by atoms with van der Waals surface area (Å²) in [5.74, 6) is -1.19. The molecule has 1 aromatic rings. The molecule has 5 heteroatoms. The number of para-hydroxylation sites is 2. The van der Waals surface area contributed by atoms with Crippen molar-refractivity contribution in [1.82, 2.24) is 0 Å². The molecule has 5 N–H and O–H groups in total. The summed E-state index contributed by atoms with van der Waals surface area (Å²) in [7, 11) is 1.85. The van der Waals surface area contributed by atoms with Crippen LogP contribution in [0.5, 0.6) is 0 Å². The lowest BCUT2D eigenvalue weighted by Crippen LogP contribution is -1.98. The van der Waals surface area contributed by atoms with Gasteiger partial charge < -0.3 is 21.3 Å². The summed E-state index contributed by atoms with van der Waals surface area (Å²) in [5.41, 5.74) is 7.34. The number of anilines is 2. The third-order valence-electron chi connectivity index (χ3n) is 1.37. The maximum atomic E-state index is 9.12. The molecule has 20 heavy (non-hydrogen) atoms. The summed E-state index contributed by atoms with van der Waals surface area (Å²) in [4.78, 5) is 9.12. The number of benzene rings is 1. The largest absolute Gasteiger partial charge is 0.480 e. The van der Waals surface area contributed by atoms with Crippen LogP contribution >= 0.6 is 0 Å². The van der Waals surface area contributed by atoms with Crippen LogP contribution in [0.4, 0.5) is 11.4 Å². The minimum atomic E-state index is -1.19. The lowest BCUT2D eigenvalue weighted by molar-refractivity contribution is -0.140. The first-order valence-electron chi connectivity index (χ1n) is 6.96. The first-order valence-corrected chi connectivity index (χ1v) is 6.96. The third kappa shape index (κ3) is 21.5.